The lowest BCUT2D eigenvalue weighted by molar-refractivity contribution is 0.0691. The number of hydrogen-bond donors (Lipinski definition) is 2. The molecule has 0 saturated carbocycles. The molecule has 0 amide bonds. The number of carbonyl (C=O) groups is 1. The maximum absolute atomic E-state index is 10.7. The van der Waals surface area contributed by atoms with E-state index in [1.165, 1.54) is 0 Å². The molecule has 0 radical (unpaired) electrons. The van der Waals surface area contributed by atoms with E-state index in [-0.39, 0.29) is 5.69 Å². The molecule has 0 spiro atoms. The number of carboxylic acids is 1. The van der Waals surface area contributed by atoms with E-state index in [0.29, 0.717) is 0 Å². The second-order valence-corrected chi connectivity index (χ2v) is 2.96. The topological polar surface area (TPSA) is 53.1 Å². The SMILES string of the molecule is O=C(O)c1cc2c([nH]1)C=CC=CC=C2. The van der Waals surface area contributed by atoms with Gasteiger partial charge in [0.05, 0.1) is 0 Å². The van der Waals surface area contributed by atoms with E-state index in [4.69, 9.17) is 5.11 Å². The molecule has 0 aliphatic heterocycles. The van der Waals surface area contributed by atoms with Crippen molar-refractivity contribution in [3.63, 3.8) is 0 Å². The highest BCUT2D eigenvalue weighted by Gasteiger charge is 2.08. The molecule has 0 unspecified atom stereocenters. The predicted octanol–water partition coefficient (Wildman–Crippen LogP) is 2.31. The van der Waals surface area contributed by atoms with Crippen molar-refractivity contribution < 1.29 is 9.90 Å². The van der Waals surface area contributed by atoms with Crippen LogP contribution in [0.15, 0.2) is 30.4 Å². The lowest BCUT2D eigenvalue weighted by Crippen LogP contribution is -1.95. The fourth-order valence-corrected chi connectivity index (χ4v) is 1.32. The van der Waals surface area contributed by atoms with Crippen molar-refractivity contribution in [1.82, 2.24) is 4.98 Å². The second kappa shape index (κ2) is 3.38. The van der Waals surface area contributed by atoms with Crippen molar-refractivity contribution in [2.24, 2.45) is 0 Å². The minimum Gasteiger partial charge on any atom is -0.477 e. The van der Waals surface area contributed by atoms with Gasteiger partial charge in [-0.2, -0.15) is 0 Å². The Balaban J connectivity index is 2.50. The van der Waals surface area contributed by atoms with E-state index in [1.54, 1.807) is 6.07 Å². The minimum absolute atomic E-state index is 0.214. The molecule has 70 valence electrons. The van der Waals surface area contributed by atoms with Crippen molar-refractivity contribution in [3.05, 3.63) is 47.3 Å². The van der Waals surface area contributed by atoms with Crippen LogP contribution in [0, 0.1) is 0 Å². The summed E-state index contributed by atoms with van der Waals surface area (Å²) in [6.07, 6.45) is 11.2. The Bertz CT molecular complexity index is 416. The van der Waals surface area contributed by atoms with Gasteiger partial charge in [-0.25, -0.2) is 4.79 Å². The van der Waals surface area contributed by atoms with Crippen molar-refractivity contribution in [3.8, 4) is 0 Å². The normalized spacial score (nSPS) is 13.4. The van der Waals surface area contributed by atoms with Crippen LogP contribution >= 0.6 is 0 Å². The van der Waals surface area contributed by atoms with Gasteiger partial charge in [-0.15, -0.1) is 0 Å². The molecule has 1 aliphatic rings. The molecule has 0 fully saturated rings. The summed E-state index contributed by atoms with van der Waals surface area (Å²) in [4.78, 5) is 13.5. The number of hydrogen-bond acceptors (Lipinski definition) is 1. The van der Waals surface area contributed by atoms with Crippen molar-refractivity contribution in [2.75, 3.05) is 0 Å². The first-order chi connectivity index (χ1) is 6.77. The Morgan fingerprint density at radius 2 is 1.86 bits per heavy atom. The summed E-state index contributed by atoms with van der Waals surface area (Å²) in [5, 5.41) is 8.78. The summed E-state index contributed by atoms with van der Waals surface area (Å²) in [7, 11) is 0. The number of nitrogens with one attached hydrogen (secondary N) is 1. The lowest BCUT2D eigenvalue weighted by atomic mass is 10.2. The molecular weight excluding hydrogens is 178 g/mol. The average molecular weight is 187 g/mol. The quantitative estimate of drug-likeness (QED) is 0.708. The van der Waals surface area contributed by atoms with Crippen LogP contribution in [0.3, 0.4) is 0 Å². The van der Waals surface area contributed by atoms with E-state index in [0.717, 1.165) is 11.3 Å². The highest BCUT2D eigenvalue weighted by Crippen LogP contribution is 2.16. The smallest absolute Gasteiger partial charge is 0.352 e. The molecule has 0 atom stereocenters. The van der Waals surface area contributed by atoms with Crippen molar-refractivity contribution in [2.45, 2.75) is 0 Å². The van der Waals surface area contributed by atoms with Gasteiger partial charge in [0.2, 0.25) is 0 Å². The third kappa shape index (κ3) is 1.52. The molecule has 1 aromatic rings. The number of rotatable bonds is 1. The molecule has 2 N–H and O–H groups in total. The maximum atomic E-state index is 10.7. The summed E-state index contributed by atoms with van der Waals surface area (Å²) < 4.78 is 0. The summed E-state index contributed by atoms with van der Waals surface area (Å²) in [6.45, 7) is 0. The molecule has 0 bridgehead atoms. The molecular formula is C11H9NO2. The highest BCUT2D eigenvalue weighted by atomic mass is 16.4. The zero-order valence-corrected chi connectivity index (χ0v) is 7.40. The fourth-order valence-electron chi connectivity index (χ4n) is 1.32. The zero-order chi connectivity index (χ0) is 9.97. The van der Waals surface area contributed by atoms with Gasteiger partial charge in [-0.05, 0) is 12.1 Å². The Kier molecular flexibility index (Phi) is 2.07. The third-order valence-corrected chi connectivity index (χ3v) is 1.98. The van der Waals surface area contributed by atoms with Gasteiger partial charge in [0.15, 0.2) is 0 Å². The van der Waals surface area contributed by atoms with Crippen LogP contribution in [0.1, 0.15) is 21.7 Å². The van der Waals surface area contributed by atoms with E-state index in [1.807, 2.05) is 36.5 Å². The number of allylic oxidation sites excluding steroid dienone is 4. The average Bonchev–Trinajstić information content (AvgIpc) is 2.48. The Labute approximate surface area is 81.1 Å². The van der Waals surface area contributed by atoms with Gasteiger partial charge in [0.1, 0.15) is 5.69 Å². The van der Waals surface area contributed by atoms with Gasteiger partial charge in [0.25, 0.3) is 0 Å². The summed E-state index contributed by atoms with van der Waals surface area (Å²) in [6, 6.07) is 1.62. The molecule has 3 heteroatoms. The van der Waals surface area contributed by atoms with E-state index in [2.05, 4.69) is 4.98 Å². The molecule has 0 saturated heterocycles. The summed E-state index contributed by atoms with van der Waals surface area (Å²) >= 11 is 0. The van der Waals surface area contributed by atoms with Crippen LogP contribution < -0.4 is 0 Å². The van der Waals surface area contributed by atoms with Crippen LogP contribution in [0.2, 0.25) is 0 Å². The first-order valence-corrected chi connectivity index (χ1v) is 4.25. The Morgan fingerprint density at radius 3 is 2.57 bits per heavy atom. The van der Waals surface area contributed by atoms with Crippen LogP contribution in [0.4, 0.5) is 0 Å². The van der Waals surface area contributed by atoms with Gasteiger partial charge in [-0.3, -0.25) is 0 Å². The summed E-state index contributed by atoms with van der Waals surface area (Å²) in [5.74, 6) is -0.938. The van der Waals surface area contributed by atoms with Crippen LogP contribution in [-0.4, -0.2) is 16.1 Å². The number of fused-ring (bicyclic) bond motifs is 1. The number of H-pyrrole nitrogens is 1. The first-order valence-electron chi connectivity index (χ1n) is 4.25. The van der Waals surface area contributed by atoms with Gasteiger partial charge in [0, 0.05) is 11.3 Å². The number of aromatic nitrogens is 1. The third-order valence-electron chi connectivity index (χ3n) is 1.98. The van der Waals surface area contributed by atoms with Gasteiger partial charge in [-0.1, -0.05) is 30.4 Å². The molecule has 0 aromatic carbocycles. The largest absolute Gasteiger partial charge is 0.477 e. The van der Waals surface area contributed by atoms with Crippen molar-refractivity contribution >= 4 is 18.1 Å². The fraction of sp³-hybridized carbons (Fsp3) is 0. The lowest BCUT2D eigenvalue weighted by Gasteiger charge is -1.92. The Hall–Kier alpha value is -2.03. The number of aromatic carboxylic acids is 1. The molecule has 1 aromatic heterocycles. The van der Waals surface area contributed by atoms with Gasteiger partial charge >= 0.3 is 5.97 Å². The standard InChI is InChI=1S/C11H9NO2/c13-11(14)10-7-8-5-3-1-2-4-6-9(8)12-10/h1-7,12H,(H,13,14). The number of carboxylic acid groups (broad SMARTS) is 1. The highest BCUT2D eigenvalue weighted by molar-refractivity contribution is 5.88. The van der Waals surface area contributed by atoms with Crippen LogP contribution in [0.25, 0.3) is 12.2 Å². The monoisotopic (exact) mass is 187 g/mol. The second-order valence-electron chi connectivity index (χ2n) is 2.96. The zero-order valence-electron chi connectivity index (χ0n) is 7.40. The molecule has 1 heterocycles. The maximum Gasteiger partial charge on any atom is 0.352 e. The van der Waals surface area contributed by atoms with E-state index >= 15 is 0 Å². The predicted molar refractivity (Wildman–Crippen MR) is 55.0 cm³/mol. The number of aromatic amines is 1. The van der Waals surface area contributed by atoms with E-state index in [9.17, 15) is 4.79 Å². The van der Waals surface area contributed by atoms with Crippen LogP contribution in [-0.2, 0) is 0 Å². The van der Waals surface area contributed by atoms with E-state index < -0.39 is 5.97 Å². The first kappa shape index (κ1) is 8.56. The molecule has 1 aliphatic carbocycles. The molecule has 14 heavy (non-hydrogen) atoms. The molecule has 3 nitrogen and oxygen atoms in total. The summed E-state index contributed by atoms with van der Waals surface area (Å²) in [5.41, 5.74) is 1.93. The minimum atomic E-state index is -0.938. The van der Waals surface area contributed by atoms with Crippen LogP contribution in [0.5, 0.6) is 0 Å². The van der Waals surface area contributed by atoms with Crippen molar-refractivity contribution in [1.29, 1.82) is 0 Å². The van der Waals surface area contributed by atoms with Gasteiger partial charge < -0.3 is 10.1 Å². The molecule has 2 rings (SSSR count). The Morgan fingerprint density at radius 1 is 1.14 bits per heavy atom.